The Bertz CT molecular complexity index is 278. The first-order chi connectivity index (χ1) is 7.13. The maximum absolute atomic E-state index is 5.40. The molecule has 1 atom stereocenters. The molecule has 2 nitrogen and oxygen atoms in total. The number of hydrogen-bond donors (Lipinski definition) is 1. The molecule has 1 aliphatic rings. The summed E-state index contributed by atoms with van der Waals surface area (Å²) >= 11 is 0. The summed E-state index contributed by atoms with van der Waals surface area (Å²) in [5.41, 5.74) is 2.30. The van der Waals surface area contributed by atoms with Gasteiger partial charge in [0.25, 0.3) is 0 Å². The highest BCUT2D eigenvalue weighted by molar-refractivity contribution is 5.25. The molecule has 0 saturated carbocycles. The predicted molar refractivity (Wildman–Crippen MR) is 64.4 cm³/mol. The first kappa shape index (κ1) is 11.9. The third kappa shape index (κ3) is 3.82. The smallest absolute Gasteiger partial charge is 0.114 e. The minimum atomic E-state index is 0.528. The molecule has 1 unspecified atom stereocenters. The van der Waals surface area contributed by atoms with Crippen molar-refractivity contribution in [3.8, 4) is 0 Å². The zero-order valence-corrected chi connectivity index (χ0v) is 9.81. The molecule has 0 saturated heterocycles. The number of hydrogen-bond acceptors (Lipinski definition) is 2. The molecule has 84 valence electrons. The third-order valence-corrected chi connectivity index (χ3v) is 2.54. The van der Waals surface area contributed by atoms with Gasteiger partial charge in [0.05, 0.1) is 6.61 Å². The molecule has 1 rings (SSSR count). The Labute approximate surface area is 92.7 Å². The van der Waals surface area contributed by atoms with Crippen molar-refractivity contribution in [1.82, 2.24) is 5.32 Å². The van der Waals surface area contributed by atoms with Crippen molar-refractivity contribution in [3.63, 3.8) is 0 Å². The molecule has 0 aliphatic heterocycles. The molecule has 0 bridgehead atoms. The van der Waals surface area contributed by atoms with E-state index in [1.54, 1.807) is 0 Å². The summed E-state index contributed by atoms with van der Waals surface area (Å²) < 4.78 is 5.40. The normalized spacial score (nSPS) is 20.4. The van der Waals surface area contributed by atoms with E-state index in [9.17, 15) is 0 Å². The molecule has 0 aromatic heterocycles. The van der Waals surface area contributed by atoms with Gasteiger partial charge in [-0.2, -0.15) is 0 Å². The van der Waals surface area contributed by atoms with Gasteiger partial charge in [0, 0.05) is 11.7 Å². The second-order valence-corrected chi connectivity index (χ2v) is 3.98. The summed E-state index contributed by atoms with van der Waals surface area (Å²) in [6.45, 7) is 12.5. The lowest BCUT2D eigenvalue weighted by atomic mass is 9.94. The highest BCUT2D eigenvalue weighted by Gasteiger charge is 2.15. The summed E-state index contributed by atoms with van der Waals surface area (Å²) in [4.78, 5) is 0. The lowest BCUT2D eigenvalue weighted by Gasteiger charge is -2.24. The van der Waals surface area contributed by atoms with E-state index in [-0.39, 0.29) is 0 Å². The zero-order chi connectivity index (χ0) is 11.3. The maximum Gasteiger partial charge on any atom is 0.114 e. The van der Waals surface area contributed by atoms with Gasteiger partial charge in [0.2, 0.25) is 0 Å². The second-order valence-electron chi connectivity index (χ2n) is 3.98. The summed E-state index contributed by atoms with van der Waals surface area (Å²) in [5, 5.41) is 3.36. The largest absolute Gasteiger partial charge is 0.494 e. The van der Waals surface area contributed by atoms with E-state index in [0.717, 1.165) is 30.7 Å². The quantitative estimate of drug-likeness (QED) is 0.699. The Kier molecular flexibility index (Phi) is 4.47. The fourth-order valence-corrected chi connectivity index (χ4v) is 1.83. The van der Waals surface area contributed by atoms with Crippen molar-refractivity contribution in [2.45, 2.75) is 39.2 Å². The minimum absolute atomic E-state index is 0.528. The van der Waals surface area contributed by atoms with Gasteiger partial charge in [-0.3, -0.25) is 0 Å². The average molecular weight is 207 g/mol. The fourth-order valence-electron chi connectivity index (χ4n) is 1.83. The first-order valence-electron chi connectivity index (χ1n) is 5.56. The van der Waals surface area contributed by atoms with Crippen LogP contribution in [0.15, 0.2) is 36.3 Å². The van der Waals surface area contributed by atoms with E-state index in [1.807, 2.05) is 13.8 Å². The Morgan fingerprint density at radius 2 is 2.33 bits per heavy atom. The van der Waals surface area contributed by atoms with Crippen LogP contribution in [0.1, 0.15) is 33.1 Å². The number of allylic oxidation sites excluding steroid dienone is 2. The monoisotopic (exact) mass is 207 g/mol. The van der Waals surface area contributed by atoms with Crippen molar-refractivity contribution >= 4 is 0 Å². The van der Waals surface area contributed by atoms with Crippen molar-refractivity contribution in [1.29, 1.82) is 0 Å². The number of rotatable bonds is 5. The number of ether oxygens (including phenoxy) is 1. The molecule has 2 heteroatoms. The fraction of sp³-hybridized carbons (Fsp3) is 0.538. The summed E-state index contributed by atoms with van der Waals surface area (Å²) in [5.74, 6) is 0.839. The topological polar surface area (TPSA) is 21.3 Å². The first-order valence-corrected chi connectivity index (χ1v) is 5.56. The van der Waals surface area contributed by atoms with Crippen LogP contribution in [0.4, 0.5) is 0 Å². The molecular formula is C13H21NO. The van der Waals surface area contributed by atoms with Gasteiger partial charge in [-0.05, 0) is 38.7 Å². The van der Waals surface area contributed by atoms with Gasteiger partial charge in [0.15, 0.2) is 0 Å². The van der Waals surface area contributed by atoms with E-state index < -0.39 is 0 Å². The summed E-state index contributed by atoms with van der Waals surface area (Å²) in [6, 6.07) is 0.528. The Morgan fingerprint density at radius 3 is 2.80 bits per heavy atom. The molecule has 0 fully saturated rings. The summed E-state index contributed by atoms with van der Waals surface area (Å²) in [7, 11) is 0. The van der Waals surface area contributed by atoms with Crippen LogP contribution in [0, 0.1) is 0 Å². The highest BCUT2D eigenvalue weighted by atomic mass is 16.5. The van der Waals surface area contributed by atoms with E-state index in [0.29, 0.717) is 12.6 Å². The van der Waals surface area contributed by atoms with Crippen LogP contribution in [0.3, 0.4) is 0 Å². The molecular weight excluding hydrogens is 186 g/mol. The molecule has 0 radical (unpaired) electrons. The van der Waals surface area contributed by atoms with E-state index >= 15 is 0 Å². The second kappa shape index (κ2) is 5.64. The standard InChI is InChI=1S/C13H21NO/c1-5-15-11(4)12-6-8-13(9-7-12)14-10(2)3/h6,13-14H,2,4-5,7-9H2,1,3H3. The van der Waals surface area contributed by atoms with Gasteiger partial charge in [0.1, 0.15) is 5.76 Å². The van der Waals surface area contributed by atoms with Gasteiger partial charge >= 0.3 is 0 Å². The van der Waals surface area contributed by atoms with Gasteiger partial charge in [-0.15, -0.1) is 0 Å². The minimum Gasteiger partial charge on any atom is -0.494 e. The third-order valence-electron chi connectivity index (χ3n) is 2.54. The Hall–Kier alpha value is -1.18. The molecule has 0 spiro atoms. The molecule has 1 N–H and O–H groups in total. The Morgan fingerprint density at radius 1 is 1.60 bits per heavy atom. The van der Waals surface area contributed by atoms with Gasteiger partial charge < -0.3 is 10.1 Å². The zero-order valence-electron chi connectivity index (χ0n) is 9.81. The van der Waals surface area contributed by atoms with Crippen LogP contribution in [-0.4, -0.2) is 12.6 Å². The molecule has 0 amide bonds. The van der Waals surface area contributed by atoms with Crippen LogP contribution in [0.2, 0.25) is 0 Å². The summed E-state index contributed by atoms with van der Waals surface area (Å²) in [6.07, 6.45) is 5.44. The van der Waals surface area contributed by atoms with Gasteiger partial charge in [-0.25, -0.2) is 0 Å². The average Bonchev–Trinajstić information content (AvgIpc) is 2.18. The van der Waals surface area contributed by atoms with Crippen LogP contribution >= 0.6 is 0 Å². The number of nitrogens with one attached hydrogen (secondary N) is 1. The van der Waals surface area contributed by atoms with Gasteiger partial charge in [-0.1, -0.05) is 19.2 Å². The van der Waals surface area contributed by atoms with Crippen molar-refractivity contribution in [2.24, 2.45) is 0 Å². The highest BCUT2D eigenvalue weighted by Crippen LogP contribution is 2.24. The van der Waals surface area contributed by atoms with Crippen LogP contribution < -0.4 is 5.32 Å². The van der Waals surface area contributed by atoms with E-state index in [1.165, 1.54) is 5.57 Å². The molecule has 15 heavy (non-hydrogen) atoms. The SMILES string of the molecule is C=C(C)NC1CC=C(C(=C)OCC)CC1. The maximum atomic E-state index is 5.40. The lowest BCUT2D eigenvalue weighted by molar-refractivity contribution is 0.235. The van der Waals surface area contributed by atoms with Crippen molar-refractivity contribution in [2.75, 3.05) is 6.61 Å². The van der Waals surface area contributed by atoms with Crippen molar-refractivity contribution < 1.29 is 4.74 Å². The van der Waals surface area contributed by atoms with Crippen LogP contribution in [0.25, 0.3) is 0 Å². The van der Waals surface area contributed by atoms with Crippen LogP contribution in [-0.2, 0) is 4.74 Å². The van der Waals surface area contributed by atoms with Crippen molar-refractivity contribution in [3.05, 3.63) is 36.3 Å². The lowest BCUT2D eigenvalue weighted by Crippen LogP contribution is -2.28. The van der Waals surface area contributed by atoms with E-state index in [2.05, 4.69) is 24.6 Å². The molecule has 0 aromatic carbocycles. The molecule has 0 heterocycles. The molecule has 0 aromatic rings. The predicted octanol–water partition coefficient (Wildman–Crippen LogP) is 3.14. The molecule has 1 aliphatic carbocycles. The van der Waals surface area contributed by atoms with E-state index in [4.69, 9.17) is 4.74 Å². The van der Waals surface area contributed by atoms with Crippen LogP contribution in [0.5, 0.6) is 0 Å². The Balaban J connectivity index is 2.44.